The summed E-state index contributed by atoms with van der Waals surface area (Å²) < 4.78 is 0. The highest BCUT2D eigenvalue weighted by Gasteiger charge is 2.14. The number of nitrogens with zero attached hydrogens (tertiary/aromatic N) is 2. The molecule has 4 rings (SSSR count). The fraction of sp³-hybridized carbons (Fsp3) is 0.0556. The van der Waals surface area contributed by atoms with E-state index in [4.69, 9.17) is 0 Å². The molecule has 0 aliphatic rings. The molecule has 0 aliphatic heterocycles. The molecule has 3 aromatic heterocycles. The summed E-state index contributed by atoms with van der Waals surface area (Å²) in [6.45, 7) is 2.03. The van der Waals surface area contributed by atoms with Crippen LogP contribution in [0.3, 0.4) is 0 Å². The number of anilines is 2. The Morgan fingerprint density at radius 2 is 1.96 bits per heavy atom. The SMILES string of the molecule is Cc1ccc(Nc2nc3cc(C(=O)O)[nH]c3c3cnccc23)cc1. The summed E-state index contributed by atoms with van der Waals surface area (Å²) in [5, 5.41) is 14.2. The minimum atomic E-state index is -1.02. The first-order valence-corrected chi connectivity index (χ1v) is 7.45. The lowest BCUT2D eigenvalue weighted by atomic mass is 10.1. The lowest BCUT2D eigenvalue weighted by Crippen LogP contribution is -1.96. The van der Waals surface area contributed by atoms with Crippen molar-refractivity contribution in [3.63, 3.8) is 0 Å². The highest BCUT2D eigenvalue weighted by molar-refractivity contribution is 6.10. The summed E-state index contributed by atoms with van der Waals surface area (Å²) in [5.41, 5.74) is 3.46. The van der Waals surface area contributed by atoms with Crippen molar-refractivity contribution < 1.29 is 9.90 Å². The summed E-state index contributed by atoms with van der Waals surface area (Å²) >= 11 is 0. The fourth-order valence-electron chi connectivity index (χ4n) is 2.70. The van der Waals surface area contributed by atoms with Crippen molar-refractivity contribution in [3.05, 3.63) is 60.0 Å². The summed E-state index contributed by atoms with van der Waals surface area (Å²) in [4.78, 5) is 22.9. The monoisotopic (exact) mass is 318 g/mol. The quantitative estimate of drug-likeness (QED) is 0.533. The summed E-state index contributed by atoms with van der Waals surface area (Å²) in [6.07, 6.45) is 3.40. The van der Waals surface area contributed by atoms with Gasteiger partial charge in [0, 0.05) is 28.9 Å². The van der Waals surface area contributed by atoms with Gasteiger partial charge in [0.2, 0.25) is 0 Å². The molecule has 4 aromatic rings. The standard InChI is InChI=1S/C18H14N4O2/c1-10-2-4-11(5-3-10)20-17-12-6-7-19-9-13(12)16-14(22-17)8-15(21-16)18(23)24/h2-9,21H,1H3,(H,20,22)(H,23,24). The van der Waals surface area contributed by atoms with Crippen LogP contribution in [-0.4, -0.2) is 26.0 Å². The van der Waals surface area contributed by atoms with Crippen LogP contribution < -0.4 is 5.32 Å². The van der Waals surface area contributed by atoms with Gasteiger partial charge in [0.25, 0.3) is 0 Å². The molecule has 0 fully saturated rings. The van der Waals surface area contributed by atoms with Gasteiger partial charge in [-0.25, -0.2) is 9.78 Å². The average molecular weight is 318 g/mol. The number of hydrogen-bond acceptors (Lipinski definition) is 4. The number of carboxylic acids is 1. The van der Waals surface area contributed by atoms with E-state index in [-0.39, 0.29) is 5.69 Å². The van der Waals surface area contributed by atoms with Gasteiger partial charge < -0.3 is 15.4 Å². The van der Waals surface area contributed by atoms with Gasteiger partial charge in [-0.05, 0) is 31.2 Å². The molecule has 0 spiro atoms. The third-order valence-electron chi connectivity index (χ3n) is 3.92. The number of aromatic nitrogens is 3. The van der Waals surface area contributed by atoms with Crippen molar-refractivity contribution in [1.29, 1.82) is 0 Å². The second-order valence-corrected chi connectivity index (χ2v) is 5.62. The van der Waals surface area contributed by atoms with Gasteiger partial charge in [0.15, 0.2) is 0 Å². The molecule has 0 atom stereocenters. The van der Waals surface area contributed by atoms with E-state index in [2.05, 4.69) is 20.3 Å². The van der Waals surface area contributed by atoms with Gasteiger partial charge in [-0.3, -0.25) is 4.98 Å². The minimum Gasteiger partial charge on any atom is -0.477 e. The van der Waals surface area contributed by atoms with Gasteiger partial charge in [-0.1, -0.05) is 17.7 Å². The molecule has 24 heavy (non-hydrogen) atoms. The molecular weight excluding hydrogens is 304 g/mol. The molecule has 118 valence electrons. The maximum Gasteiger partial charge on any atom is 0.352 e. The molecule has 1 aromatic carbocycles. The maximum atomic E-state index is 11.2. The number of nitrogens with one attached hydrogen (secondary N) is 2. The van der Waals surface area contributed by atoms with E-state index in [1.165, 1.54) is 11.6 Å². The summed E-state index contributed by atoms with van der Waals surface area (Å²) in [6, 6.07) is 11.4. The number of aromatic amines is 1. The third-order valence-corrected chi connectivity index (χ3v) is 3.92. The van der Waals surface area contributed by atoms with E-state index in [9.17, 15) is 9.90 Å². The van der Waals surface area contributed by atoms with Crippen LogP contribution in [0.25, 0.3) is 21.8 Å². The van der Waals surface area contributed by atoms with E-state index in [0.717, 1.165) is 16.5 Å². The lowest BCUT2D eigenvalue weighted by Gasteiger charge is -2.10. The lowest BCUT2D eigenvalue weighted by molar-refractivity contribution is 0.0691. The Balaban J connectivity index is 1.92. The highest BCUT2D eigenvalue weighted by Crippen LogP contribution is 2.30. The van der Waals surface area contributed by atoms with Gasteiger partial charge >= 0.3 is 5.97 Å². The van der Waals surface area contributed by atoms with Crippen LogP contribution in [0.4, 0.5) is 11.5 Å². The Kier molecular flexibility index (Phi) is 3.16. The van der Waals surface area contributed by atoms with Crippen LogP contribution in [0, 0.1) is 6.92 Å². The van der Waals surface area contributed by atoms with Crippen LogP contribution >= 0.6 is 0 Å². The zero-order chi connectivity index (χ0) is 16.7. The smallest absolute Gasteiger partial charge is 0.352 e. The molecule has 3 N–H and O–H groups in total. The Bertz CT molecular complexity index is 1070. The Morgan fingerprint density at radius 1 is 1.17 bits per heavy atom. The van der Waals surface area contributed by atoms with Crippen molar-refractivity contribution >= 4 is 39.3 Å². The van der Waals surface area contributed by atoms with Crippen LogP contribution in [0.1, 0.15) is 16.1 Å². The topological polar surface area (TPSA) is 90.9 Å². The van der Waals surface area contributed by atoms with Crippen LogP contribution in [0.5, 0.6) is 0 Å². The number of H-pyrrole nitrogens is 1. The van der Waals surface area contributed by atoms with Gasteiger partial charge in [0.1, 0.15) is 11.5 Å². The van der Waals surface area contributed by atoms with Gasteiger partial charge in [-0.15, -0.1) is 0 Å². The molecule has 0 unspecified atom stereocenters. The van der Waals surface area contributed by atoms with Crippen molar-refractivity contribution in [2.24, 2.45) is 0 Å². The fourth-order valence-corrected chi connectivity index (χ4v) is 2.70. The number of aromatic carboxylic acids is 1. The second kappa shape index (κ2) is 5.34. The van der Waals surface area contributed by atoms with E-state index in [1.807, 2.05) is 37.3 Å². The zero-order valence-electron chi connectivity index (χ0n) is 12.9. The number of hydrogen-bond donors (Lipinski definition) is 3. The zero-order valence-corrected chi connectivity index (χ0v) is 12.9. The van der Waals surface area contributed by atoms with Crippen LogP contribution in [0.15, 0.2) is 48.8 Å². The van der Waals surface area contributed by atoms with E-state index in [1.54, 1.807) is 12.4 Å². The van der Waals surface area contributed by atoms with Crippen molar-refractivity contribution in [1.82, 2.24) is 15.0 Å². The second-order valence-electron chi connectivity index (χ2n) is 5.62. The van der Waals surface area contributed by atoms with Gasteiger partial charge in [0.05, 0.1) is 11.0 Å². The number of carboxylic acid groups (broad SMARTS) is 1. The number of pyridine rings is 2. The summed E-state index contributed by atoms with van der Waals surface area (Å²) in [5.74, 6) is -0.349. The molecule has 3 heterocycles. The van der Waals surface area contributed by atoms with Crippen molar-refractivity contribution in [3.8, 4) is 0 Å². The van der Waals surface area contributed by atoms with Crippen molar-refractivity contribution in [2.75, 3.05) is 5.32 Å². The predicted molar refractivity (Wildman–Crippen MR) is 92.8 cm³/mol. The molecule has 0 radical (unpaired) electrons. The molecule has 0 saturated carbocycles. The predicted octanol–water partition coefficient (Wildman–Crippen LogP) is 3.86. The molecule has 6 nitrogen and oxygen atoms in total. The van der Waals surface area contributed by atoms with Crippen LogP contribution in [0.2, 0.25) is 0 Å². The van der Waals surface area contributed by atoms with E-state index >= 15 is 0 Å². The summed E-state index contributed by atoms with van der Waals surface area (Å²) in [7, 11) is 0. The Hall–Kier alpha value is -3.41. The van der Waals surface area contributed by atoms with E-state index < -0.39 is 5.97 Å². The highest BCUT2D eigenvalue weighted by atomic mass is 16.4. The molecule has 0 aliphatic carbocycles. The minimum absolute atomic E-state index is 0.107. The largest absolute Gasteiger partial charge is 0.477 e. The first-order valence-electron chi connectivity index (χ1n) is 7.45. The molecule has 0 amide bonds. The van der Waals surface area contributed by atoms with Crippen LogP contribution in [-0.2, 0) is 0 Å². The Morgan fingerprint density at radius 3 is 2.71 bits per heavy atom. The first kappa shape index (κ1) is 14.2. The molecule has 0 saturated heterocycles. The average Bonchev–Trinajstić information content (AvgIpc) is 3.02. The van der Waals surface area contributed by atoms with E-state index in [0.29, 0.717) is 16.9 Å². The number of rotatable bonds is 3. The number of benzene rings is 1. The van der Waals surface area contributed by atoms with Gasteiger partial charge in [-0.2, -0.15) is 0 Å². The number of fused-ring (bicyclic) bond motifs is 3. The first-order chi connectivity index (χ1) is 11.6. The Labute approximate surface area is 137 Å². The maximum absolute atomic E-state index is 11.2. The normalized spacial score (nSPS) is 11.0. The molecular formula is C18H14N4O2. The van der Waals surface area contributed by atoms with Crippen molar-refractivity contribution in [2.45, 2.75) is 6.92 Å². The molecule has 6 heteroatoms. The number of carbonyl (C=O) groups is 1. The third kappa shape index (κ3) is 2.34. The number of aryl methyl sites for hydroxylation is 1. The molecule has 0 bridgehead atoms.